The minimum atomic E-state index is -3.56. The lowest BCUT2D eigenvalue weighted by molar-refractivity contribution is 0.307. The van der Waals surface area contributed by atoms with Crippen LogP contribution in [0.1, 0.15) is 24.6 Å². The number of aryl methyl sites for hydroxylation is 1. The van der Waals surface area contributed by atoms with Crippen LogP contribution in [0.25, 0.3) is 5.69 Å². The number of para-hydroxylation sites is 1. The van der Waals surface area contributed by atoms with Crippen molar-refractivity contribution in [3.8, 4) is 5.69 Å². The molecule has 10 heteroatoms. The van der Waals surface area contributed by atoms with Crippen LogP contribution < -0.4 is 5.69 Å². The molecule has 0 spiro atoms. The summed E-state index contributed by atoms with van der Waals surface area (Å²) in [5.41, 5.74) is 0.501. The molecule has 2 aromatic heterocycles. The second kappa shape index (κ2) is 7.58. The molecule has 1 atom stereocenters. The van der Waals surface area contributed by atoms with Gasteiger partial charge in [0.25, 0.3) is 10.0 Å². The molecule has 0 amide bonds. The SMILES string of the molecule is Cn1nc(C2CCCN(S(=O)(=O)c3ccc(Br)s3)C2)n(-c2ccccc2)c1=O. The van der Waals surface area contributed by atoms with Crippen LogP contribution in [0.5, 0.6) is 0 Å². The van der Waals surface area contributed by atoms with Gasteiger partial charge in [0.15, 0.2) is 0 Å². The van der Waals surface area contributed by atoms with E-state index in [0.717, 1.165) is 22.3 Å². The zero-order valence-electron chi connectivity index (χ0n) is 15.2. The Kier molecular flexibility index (Phi) is 5.30. The molecule has 7 nitrogen and oxygen atoms in total. The molecule has 1 aliphatic rings. The molecule has 1 aromatic carbocycles. The molecule has 1 aliphatic heterocycles. The first-order valence-electron chi connectivity index (χ1n) is 8.85. The van der Waals surface area contributed by atoms with Crippen LogP contribution >= 0.6 is 27.3 Å². The molecule has 0 aliphatic carbocycles. The molecule has 28 heavy (non-hydrogen) atoms. The highest BCUT2D eigenvalue weighted by Gasteiger charge is 2.34. The third-order valence-electron chi connectivity index (χ3n) is 4.86. The molecule has 0 N–H and O–H groups in total. The number of thiophene rings is 1. The smallest absolute Gasteiger partial charge is 0.247 e. The Morgan fingerprint density at radius 1 is 1.18 bits per heavy atom. The average Bonchev–Trinajstić information content (AvgIpc) is 3.27. The summed E-state index contributed by atoms with van der Waals surface area (Å²) in [4.78, 5) is 12.7. The zero-order chi connectivity index (χ0) is 19.9. The maximum atomic E-state index is 13.0. The quantitative estimate of drug-likeness (QED) is 0.572. The van der Waals surface area contributed by atoms with Crippen molar-refractivity contribution in [3.05, 3.63) is 62.6 Å². The molecule has 3 aromatic rings. The average molecular weight is 483 g/mol. The van der Waals surface area contributed by atoms with Gasteiger partial charge in [-0.2, -0.15) is 9.40 Å². The first-order chi connectivity index (χ1) is 13.4. The summed E-state index contributed by atoms with van der Waals surface area (Å²) in [5.74, 6) is 0.451. The van der Waals surface area contributed by atoms with Crippen molar-refractivity contribution in [2.45, 2.75) is 23.0 Å². The molecule has 3 heterocycles. The van der Waals surface area contributed by atoms with Crippen molar-refractivity contribution in [1.29, 1.82) is 0 Å². The van der Waals surface area contributed by atoms with Crippen LogP contribution in [-0.4, -0.2) is 40.2 Å². The molecule has 0 radical (unpaired) electrons. The molecule has 148 valence electrons. The van der Waals surface area contributed by atoms with E-state index in [1.165, 1.54) is 20.3 Å². The number of hydrogen-bond donors (Lipinski definition) is 0. The van der Waals surface area contributed by atoms with Crippen molar-refractivity contribution in [3.63, 3.8) is 0 Å². The summed E-state index contributed by atoms with van der Waals surface area (Å²) >= 11 is 4.53. The lowest BCUT2D eigenvalue weighted by Gasteiger charge is -2.31. The topological polar surface area (TPSA) is 77.2 Å². The van der Waals surface area contributed by atoms with Gasteiger partial charge in [0, 0.05) is 26.1 Å². The van der Waals surface area contributed by atoms with Gasteiger partial charge in [-0.25, -0.2) is 22.5 Å². The number of halogens is 1. The zero-order valence-corrected chi connectivity index (χ0v) is 18.4. The van der Waals surface area contributed by atoms with Gasteiger partial charge in [-0.1, -0.05) is 18.2 Å². The molecule has 4 rings (SSSR count). The van der Waals surface area contributed by atoms with E-state index in [-0.39, 0.29) is 11.6 Å². The molecule has 1 saturated heterocycles. The van der Waals surface area contributed by atoms with Crippen molar-refractivity contribution < 1.29 is 8.42 Å². The number of aromatic nitrogens is 3. The predicted molar refractivity (Wildman–Crippen MR) is 112 cm³/mol. The Morgan fingerprint density at radius 3 is 2.61 bits per heavy atom. The summed E-state index contributed by atoms with van der Waals surface area (Å²) < 4.78 is 31.6. The predicted octanol–water partition coefficient (Wildman–Crippen LogP) is 2.96. The summed E-state index contributed by atoms with van der Waals surface area (Å²) in [6.45, 7) is 0.776. The summed E-state index contributed by atoms with van der Waals surface area (Å²) in [6, 6.07) is 12.7. The Morgan fingerprint density at radius 2 is 1.93 bits per heavy atom. The van der Waals surface area contributed by atoms with Crippen LogP contribution in [-0.2, 0) is 17.1 Å². The van der Waals surface area contributed by atoms with Gasteiger partial charge in [-0.05, 0) is 53.0 Å². The molecular weight excluding hydrogens is 464 g/mol. The fraction of sp³-hybridized carbons (Fsp3) is 0.333. The van der Waals surface area contributed by atoms with E-state index in [2.05, 4.69) is 21.0 Å². The minimum absolute atomic E-state index is 0.152. The van der Waals surface area contributed by atoms with Gasteiger partial charge in [0.2, 0.25) is 0 Å². The number of sulfonamides is 1. The van der Waals surface area contributed by atoms with Gasteiger partial charge < -0.3 is 0 Å². The van der Waals surface area contributed by atoms with Crippen molar-refractivity contribution in [2.75, 3.05) is 13.1 Å². The number of benzene rings is 1. The van der Waals surface area contributed by atoms with E-state index in [4.69, 9.17) is 0 Å². The molecule has 0 saturated carbocycles. The fourth-order valence-corrected chi connectivity index (χ4v) is 7.19. The third kappa shape index (κ3) is 3.49. The minimum Gasteiger partial charge on any atom is -0.247 e. The highest BCUT2D eigenvalue weighted by molar-refractivity contribution is 9.11. The number of piperidine rings is 1. The standard InChI is InChI=1S/C18H19BrN4O3S2/c1-21-18(24)23(14-7-3-2-4-8-14)17(20-21)13-6-5-11-22(12-13)28(25,26)16-10-9-15(19)27-16/h2-4,7-10,13H,5-6,11-12H2,1H3. The van der Waals surface area contributed by atoms with Crippen LogP contribution in [0.15, 0.2) is 55.3 Å². The Hall–Kier alpha value is -1.75. The summed E-state index contributed by atoms with van der Waals surface area (Å²) in [5, 5.41) is 4.44. The van der Waals surface area contributed by atoms with E-state index in [1.807, 2.05) is 30.3 Å². The van der Waals surface area contributed by atoms with Gasteiger partial charge in [-0.3, -0.25) is 0 Å². The monoisotopic (exact) mass is 482 g/mol. The van der Waals surface area contributed by atoms with Crippen LogP contribution in [0.3, 0.4) is 0 Å². The largest absolute Gasteiger partial charge is 0.350 e. The summed E-state index contributed by atoms with van der Waals surface area (Å²) in [6.07, 6.45) is 1.50. The van der Waals surface area contributed by atoms with E-state index >= 15 is 0 Å². The first-order valence-corrected chi connectivity index (χ1v) is 11.9. The van der Waals surface area contributed by atoms with Gasteiger partial charge >= 0.3 is 5.69 Å². The van der Waals surface area contributed by atoms with Crippen LogP contribution in [0, 0.1) is 0 Å². The van der Waals surface area contributed by atoms with Gasteiger partial charge in [0.1, 0.15) is 10.0 Å². The van der Waals surface area contributed by atoms with Crippen LogP contribution in [0.2, 0.25) is 0 Å². The maximum absolute atomic E-state index is 13.0. The van der Waals surface area contributed by atoms with Crippen LogP contribution in [0.4, 0.5) is 0 Å². The molecule has 1 fully saturated rings. The number of nitrogens with zero attached hydrogens (tertiary/aromatic N) is 4. The number of hydrogen-bond acceptors (Lipinski definition) is 5. The molecule has 0 bridgehead atoms. The highest BCUT2D eigenvalue weighted by Crippen LogP contribution is 2.33. The maximum Gasteiger partial charge on any atom is 0.350 e. The summed E-state index contributed by atoms with van der Waals surface area (Å²) in [7, 11) is -1.95. The number of rotatable bonds is 4. The Bertz CT molecular complexity index is 1150. The van der Waals surface area contributed by atoms with E-state index in [9.17, 15) is 13.2 Å². The normalized spacial score (nSPS) is 18.4. The first kappa shape index (κ1) is 19.6. The van der Waals surface area contributed by atoms with Gasteiger partial charge in [-0.15, -0.1) is 11.3 Å². The lowest BCUT2D eigenvalue weighted by Crippen LogP contribution is -2.39. The second-order valence-electron chi connectivity index (χ2n) is 6.70. The molecule has 1 unspecified atom stereocenters. The Labute approximate surface area is 175 Å². The van der Waals surface area contributed by atoms with Gasteiger partial charge in [0.05, 0.1) is 9.47 Å². The van der Waals surface area contributed by atoms with Crippen molar-refractivity contribution >= 4 is 37.3 Å². The molecular formula is C18H19BrN4O3S2. The van der Waals surface area contributed by atoms with Crippen molar-refractivity contribution in [2.24, 2.45) is 7.05 Å². The highest BCUT2D eigenvalue weighted by atomic mass is 79.9. The Balaban J connectivity index is 1.70. The fourth-order valence-electron chi connectivity index (χ4n) is 3.50. The van der Waals surface area contributed by atoms with Crippen molar-refractivity contribution in [1.82, 2.24) is 18.7 Å². The van der Waals surface area contributed by atoms with E-state index in [0.29, 0.717) is 23.1 Å². The van der Waals surface area contributed by atoms with E-state index < -0.39 is 10.0 Å². The van der Waals surface area contributed by atoms with E-state index in [1.54, 1.807) is 23.7 Å². The lowest BCUT2D eigenvalue weighted by atomic mass is 9.98. The second-order valence-corrected chi connectivity index (χ2v) is 11.3. The third-order valence-corrected chi connectivity index (χ3v) is 8.81.